The first kappa shape index (κ1) is 16.3. The lowest BCUT2D eigenvalue weighted by atomic mass is 10.1. The van der Waals surface area contributed by atoms with E-state index in [1.807, 2.05) is 31.2 Å². The molecule has 3 amide bonds. The minimum absolute atomic E-state index is 0.0455. The van der Waals surface area contributed by atoms with Gasteiger partial charge in [-0.3, -0.25) is 4.79 Å². The molecule has 1 aromatic carbocycles. The molecule has 5 nitrogen and oxygen atoms in total. The normalized spacial score (nSPS) is 17.4. The zero-order valence-corrected chi connectivity index (χ0v) is 13.4. The van der Waals surface area contributed by atoms with Crippen LogP contribution in [0.15, 0.2) is 24.3 Å². The summed E-state index contributed by atoms with van der Waals surface area (Å²) in [6.45, 7) is 5.78. The van der Waals surface area contributed by atoms with Crippen molar-refractivity contribution in [3.05, 3.63) is 29.8 Å². The summed E-state index contributed by atoms with van der Waals surface area (Å²) >= 11 is 0. The summed E-state index contributed by atoms with van der Waals surface area (Å²) in [5.74, 6) is -0.0410. The molecular formula is C17H25N3O2. The number of hydrogen-bond acceptors (Lipinski definition) is 2. The second-order valence-corrected chi connectivity index (χ2v) is 5.66. The monoisotopic (exact) mass is 303 g/mol. The molecule has 0 saturated carbocycles. The van der Waals surface area contributed by atoms with Crippen LogP contribution in [0.5, 0.6) is 0 Å². The molecule has 2 rings (SSSR count). The SMILES string of the molecule is CCCc1ccccc1NC(=O)N1CCC(C(=O)NCC)C1. The Morgan fingerprint density at radius 3 is 2.77 bits per heavy atom. The van der Waals surface area contributed by atoms with E-state index < -0.39 is 0 Å². The maximum atomic E-state index is 12.4. The molecule has 0 radical (unpaired) electrons. The maximum absolute atomic E-state index is 12.4. The standard InChI is InChI=1S/C17H25N3O2/c1-3-7-13-8-5-6-9-15(13)19-17(22)20-11-10-14(12-20)16(21)18-4-2/h5-6,8-9,14H,3-4,7,10-12H2,1-2H3,(H,18,21)(H,19,22). The Morgan fingerprint density at radius 1 is 1.27 bits per heavy atom. The molecule has 2 N–H and O–H groups in total. The Labute approximate surface area is 132 Å². The molecule has 0 bridgehead atoms. The van der Waals surface area contributed by atoms with Crippen LogP contribution >= 0.6 is 0 Å². The lowest BCUT2D eigenvalue weighted by Crippen LogP contribution is -2.36. The van der Waals surface area contributed by atoms with Crippen molar-refractivity contribution in [2.75, 3.05) is 25.0 Å². The average molecular weight is 303 g/mol. The molecule has 1 unspecified atom stereocenters. The first-order chi connectivity index (χ1) is 10.7. The summed E-state index contributed by atoms with van der Waals surface area (Å²) in [7, 11) is 0. The molecule has 0 aliphatic carbocycles. The van der Waals surface area contributed by atoms with Gasteiger partial charge < -0.3 is 15.5 Å². The van der Waals surface area contributed by atoms with Crippen molar-refractivity contribution in [1.29, 1.82) is 0 Å². The van der Waals surface area contributed by atoms with Crippen molar-refractivity contribution < 1.29 is 9.59 Å². The molecule has 1 aliphatic rings. The number of hydrogen-bond donors (Lipinski definition) is 2. The minimum atomic E-state index is -0.115. The van der Waals surface area contributed by atoms with E-state index in [1.54, 1.807) is 4.90 Å². The van der Waals surface area contributed by atoms with Crippen LogP contribution in [-0.4, -0.2) is 36.5 Å². The summed E-state index contributed by atoms with van der Waals surface area (Å²) in [5, 5.41) is 5.81. The molecule has 1 saturated heterocycles. The number of aryl methyl sites for hydroxylation is 1. The summed E-state index contributed by atoms with van der Waals surface area (Å²) < 4.78 is 0. The Kier molecular flexibility index (Phi) is 5.81. The molecule has 1 aliphatic heterocycles. The van der Waals surface area contributed by atoms with Gasteiger partial charge in [0.1, 0.15) is 0 Å². The predicted molar refractivity (Wildman–Crippen MR) is 87.8 cm³/mol. The Hall–Kier alpha value is -2.04. The molecule has 1 atom stereocenters. The van der Waals surface area contributed by atoms with Gasteiger partial charge in [-0.1, -0.05) is 31.5 Å². The van der Waals surface area contributed by atoms with Crippen molar-refractivity contribution in [2.24, 2.45) is 5.92 Å². The number of carbonyl (C=O) groups is 2. The predicted octanol–water partition coefficient (Wildman–Crippen LogP) is 2.63. The van der Waals surface area contributed by atoms with Crippen LogP contribution in [0.4, 0.5) is 10.5 Å². The van der Waals surface area contributed by atoms with Crippen LogP contribution in [0.3, 0.4) is 0 Å². The Bertz CT molecular complexity index is 530. The summed E-state index contributed by atoms with van der Waals surface area (Å²) in [6.07, 6.45) is 2.71. The van der Waals surface area contributed by atoms with Crippen LogP contribution in [0, 0.1) is 5.92 Å². The fourth-order valence-corrected chi connectivity index (χ4v) is 2.80. The van der Waals surface area contributed by atoms with Gasteiger partial charge in [0, 0.05) is 25.3 Å². The highest BCUT2D eigenvalue weighted by Gasteiger charge is 2.30. The fourth-order valence-electron chi connectivity index (χ4n) is 2.80. The van der Waals surface area contributed by atoms with E-state index in [0.717, 1.165) is 30.5 Å². The van der Waals surface area contributed by atoms with Crippen LogP contribution in [0.25, 0.3) is 0 Å². The number of amides is 3. The van der Waals surface area contributed by atoms with Crippen molar-refractivity contribution in [3.63, 3.8) is 0 Å². The van der Waals surface area contributed by atoms with Gasteiger partial charge in [-0.15, -0.1) is 0 Å². The number of rotatable bonds is 5. The van der Waals surface area contributed by atoms with Crippen molar-refractivity contribution >= 4 is 17.6 Å². The lowest BCUT2D eigenvalue weighted by molar-refractivity contribution is -0.124. The van der Waals surface area contributed by atoms with Crippen molar-refractivity contribution in [2.45, 2.75) is 33.1 Å². The summed E-state index contributed by atoms with van der Waals surface area (Å²) in [5.41, 5.74) is 2.02. The van der Waals surface area contributed by atoms with Gasteiger partial charge in [0.15, 0.2) is 0 Å². The zero-order valence-electron chi connectivity index (χ0n) is 13.4. The van der Waals surface area contributed by atoms with Gasteiger partial charge in [-0.05, 0) is 31.4 Å². The minimum Gasteiger partial charge on any atom is -0.356 e. The molecule has 5 heteroatoms. The Balaban J connectivity index is 1.95. The number of nitrogens with zero attached hydrogens (tertiary/aromatic N) is 1. The highest BCUT2D eigenvalue weighted by atomic mass is 16.2. The van der Waals surface area contributed by atoms with Crippen molar-refractivity contribution in [1.82, 2.24) is 10.2 Å². The Morgan fingerprint density at radius 2 is 2.05 bits per heavy atom. The van der Waals surface area contributed by atoms with Crippen LogP contribution < -0.4 is 10.6 Å². The third kappa shape index (κ3) is 4.00. The fraction of sp³-hybridized carbons (Fsp3) is 0.529. The van der Waals surface area contributed by atoms with Crippen molar-refractivity contribution in [3.8, 4) is 0 Å². The molecule has 120 valence electrons. The zero-order chi connectivity index (χ0) is 15.9. The van der Waals surface area contributed by atoms with E-state index in [1.165, 1.54) is 0 Å². The molecule has 22 heavy (non-hydrogen) atoms. The molecule has 1 heterocycles. The highest BCUT2D eigenvalue weighted by molar-refractivity contribution is 5.91. The van der Waals surface area contributed by atoms with E-state index in [4.69, 9.17) is 0 Å². The average Bonchev–Trinajstić information content (AvgIpc) is 3.00. The quantitative estimate of drug-likeness (QED) is 0.878. The van der Waals surface area contributed by atoms with Crippen LogP contribution in [0.1, 0.15) is 32.3 Å². The maximum Gasteiger partial charge on any atom is 0.321 e. The second kappa shape index (κ2) is 7.82. The van der Waals surface area contributed by atoms with Gasteiger partial charge in [0.05, 0.1) is 5.92 Å². The topological polar surface area (TPSA) is 61.4 Å². The van der Waals surface area contributed by atoms with Gasteiger partial charge in [-0.25, -0.2) is 4.79 Å². The number of anilines is 1. The number of carbonyl (C=O) groups excluding carboxylic acids is 2. The van der Waals surface area contributed by atoms with E-state index in [2.05, 4.69) is 17.6 Å². The first-order valence-corrected chi connectivity index (χ1v) is 8.07. The molecule has 0 aromatic heterocycles. The number of benzene rings is 1. The number of nitrogens with one attached hydrogen (secondary N) is 2. The molecular weight excluding hydrogens is 278 g/mol. The third-order valence-electron chi connectivity index (χ3n) is 3.98. The third-order valence-corrected chi connectivity index (χ3v) is 3.98. The van der Waals surface area contributed by atoms with Crippen LogP contribution in [-0.2, 0) is 11.2 Å². The number of para-hydroxylation sites is 1. The summed E-state index contributed by atoms with van der Waals surface area (Å²) in [4.78, 5) is 25.9. The van der Waals surface area contributed by atoms with Gasteiger partial charge in [-0.2, -0.15) is 0 Å². The first-order valence-electron chi connectivity index (χ1n) is 8.07. The van der Waals surface area contributed by atoms with Gasteiger partial charge in [0.2, 0.25) is 5.91 Å². The number of likely N-dealkylation sites (tertiary alicyclic amines) is 1. The van der Waals surface area contributed by atoms with E-state index in [-0.39, 0.29) is 17.9 Å². The molecule has 1 aromatic rings. The van der Waals surface area contributed by atoms with E-state index >= 15 is 0 Å². The van der Waals surface area contributed by atoms with E-state index in [9.17, 15) is 9.59 Å². The lowest BCUT2D eigenvalue weighted by Gasteiger charge is -2.18. The number of urea groups is 1. The van der Waals surface area contributed by atoms with Crippen LogP contribution in [0.2, 0.25) is 0 Å². The van der Waals surface area contributed by atoms with Gasteiger partial charge >= 0.3 is 6.03 Å². The van der Waals surface area contributed by atoms with E-state index in [0.29, 0.717) is 19.6 Å². The largest absolute Gasteiger partial charge is 0.356 e. The smallest absolute Gasteiger partial charge is 0.321 e. The second-order valence-electron chi connectivity index (χ2n) is 5.66. The van der Waals surface area contributed by atoms with Gasteiger partial charge in [0.25, 0.3) is 0 Å². The molecule has 0 spiro atoms. The highest BCUT2D eigenvalue weighted by Crippen LogP contribution is 2.20. The summed E-state index contributed by atoms with van der Waals surface area (Å²) in [6, 6.07) is 7.77. The molecule has 1 fully saturated rings.